The van der Waals surface area contributed by atoms with E-state index in [0.29, 0.717) is 23.6 Å². The predicted octanol–water partition coefficient (Wildman–Crippen LogP) is 3.79. The number of para-hydroxylation sites is 1. The first-order chi connectivity index (χ1) is 13.9. The lowest BCUT2D eigenvalue weighted by Crippen LogP contribution is -2.33. The Hall–Kier alpha value is -3.48. The summed E-state index contributed by atoms with van der Waals surface area (Å²) in [5, 5.41) is 5.42. The minimum Gasteiger partial charge on any atom is -0.441 e. The van der Waals surface area contributed by atoms with Crippen LogP contribution < -0.4 is 10.6 Å². The number of halogens is 1. The third kappa shape index (κ3) is 5.51. The number of amides is 2. The van der Waals surface area contributed by atoms with Crippen LogP contribution in [-0.2, 0) is 16.0 Å². The Balaban J connectivity index is 1.45. The molecule has 0 bridgehead atoms. The molecule has 6 nitrogen and oxygen atoms in total. The van der Waals surface area contributed by atoms with Gasteiger partial charge in [0, 0.05) is 24.1 Å². The summed E-state index contributed by atoms with van der Waals surface area (Å²) in [6, 6.07) is 11.6. The third-order valence-corrected chi connectivity index (χ3v) is 4.44. The molecule has 0 atom stereocenters. The molecule has 1 aromatic heterocycles. The Morgan fingerprint density at radius 3 is 2.41 bits per heavy atom. The van der Waals surface area contributed by atoms with Crippen LogP contribution in [0.4, 0.5) is 10.1 Å². The average Bonchev–Trinajstić information content (AvgIpc) is 3.17. The zero-order valence-electron chi connectivity index (χ0n) is 16.3. The molecule has 0 unspecified atom stereocenters. The summed E-state index contributed by atoms with van der Waals surface area (Å²) in [5.41, 5.74) is 3.40. The third-order valence-electron chi connectivity index (χ3n) is 4.44. The van der Waals surface area contributed by atoms with Gasteiger partial charge in [-0.15, -0.1) is 0 Å². The van der Waals surface area contributed by atoms with Crippen molar-refractivity contribution >= 4 is 17.5 Å². The fourth-order valence-electron chi connectivity index (χ4n) is 2.86. The lowest BCUT2D eigenvalue weighted by atomic mass is 10.1. The number of hydrogen-bond acceptors (Lipinski definition) is 4. The molecule has 0 saturated heterocycles. The largest absolute Gasteiger partial charge is 0.441 e. The number of carbonyl (C=O) groups is 2. The fraction of sp³-hybridized carbons (Fsp3) is 0.227. The Labute approximate surface area is 168 Å². The molecule has 2 amide bonds. The van der Waals surface area contributed by atoms with Gasteiger partial charge in [0.1, 0.15) is 5.82 Å². The van der Waals surface area contributed by atoms with E-state index in [0.717, 1.165) is 16.8 Å². The van der Waals surface area contributed by atoms with Gasteiger partial charge in [0.15, 0.2) is 11.7 Å². The van der Waals surface area contributed by atoms with E-state index >= 15 is 0 Å². The highest BCUT2D eigenvalue weighted by atomic mass is 19.1. The zero-order chi connectivity index (χ0) is 20.8. The number of hydrogen-bond donors (Lipinski definition) is 2. The predicted molar refractivity (Wildman–Crippen MR) is 108 cm³/mol. The summed E-state index contributed by atoms with van der Waals surface area (Å²) < 4.78 is 18.6. The highest BCUT2D eigenvalue weighted by Gasteiger charge is 2.11. The van der Waals surface area contributed by atoms with Gasteiger partial charge in [0.05, 0.1) is 12.7 Å². The number of benzene rings is 2. The molecule has 3 rings (SSSR count). The van der Waals surface area contributed by atoms with Gasteiger partial charge in [-0.3, -0.25) is 9.59 Å². The molecular formula is C22H22FN3O3. The maximum absolute atomic E-state index is 13.0. The van der Waals surface area contributed by atoms with Crippen molar-refractivity contribution in [2.24, 2.45) is 0 Å². The molecule has 1 heterocycles. The van der Waals surface area contributed by atoms with Gasteiger partial charge in [-0.2, -0.15) is 0 Å². The quantitative estimate of drug-likeness (QED) is 0.638. The molecule has 0 radical (unpaired) electrons. The Morgan fingerprint density at radius 1 is 1.03 bits per heavy atom. The van der Waals surface area contributed by atoms with Gasteiger partial charge >= 0.3 is 0 Å². The second-order valence-electron chi connectivity index (χ2n) is 6.72. The number of rotatable bonds is 7. The number of anilines is 1. The Bertz CT molecular complexity index is 992. The van der Waals surface area contributed by atoms with Crippen molar-refractivity contribution in [1.82, 2.24) is 10.3 Å². The van der Waals surface area contributed by atoms with Gasteiger partial charge in [-0.05, 0) is 49.2 Å². The van der Waals surface area contributed by atoms with Crippen molar-refractivity contribution < 1.29 is 18.4 Å². The summed E-state index contributed by atoms with van der Waals surface area (Å²) in [6.45, 7) is 3.72. The van der Waals surface area contributed by atoms with E-state index in [1.165, 1.54) is 12.1 Å². The fourth-order valence-corrected chi connectivity index (χ4v) is 2.86. The van der Waals surface area contributed by atoms with Crippen LogP contribution in [0.1, 0.15) is 23.4 Å². The van der Waals surface area contributed by atoms with Crippen LogP contribution in [0.25, 0.3) is 11.3 Å². The molecule has 3 aromatic rings. The summed E-state index contributed by atoms with van der Waals surface area (Å²) in [4.78, 5) is 28.3. The summed E-state index contributed by atoms with van der Waals surface area (Å²) >= 11 is 0. The second-order valence-corrected chi connectivity index (χ2v) is 6.72. The number of oxazole rings is 1. The maximum Gasteiger partial charge on any atom is 0.243 e. The monoisotopic (exact) mass is 395 g/mol. The van der Waals surface area contributed by atoms with E-state index in [9.17, 15) is 14.0 Å². The normalized spacial score (nSPS) is 10.6. The highest BCUT2D eigenvalue weighted by molar-refractivity contribution is 5.95. The summed E-state index contributed by atoms with van der Waals surface area (Å²) in [7, 11) is 0. The first-order valence-electron chi connectivity index (χ1n) is 9.26. The van der Waals surface area contributed by atoms with Gasteiger partial charge < -0.3 is 15.1 Å². The molecule has 2 N–H and O–H groups in total. The van der Waals surface area contributed by atoms with Crippen LogP contribution >= 0.6 is 0 Å². The minimum atomic E-state index is -0.327. The number of carbonyl (C=O) groups excluding carboxylic acids is 2. The van der Waals surface area contributed by atoms with E-state index in [4.69, 9.17) is 4.42 Å². The van der Waals surface area contributed by atoms with Gasteiger partial charge in [-0.1, -0.05) is 18.2 Å². The van der Waals surface area contributed by atoms with E-state index < -0.39 is 0 Å². The second kappa shape index (κ2) is 9.14. The van der Waals surface area contributed by atoms with Crippen LogP contribution in [0.15, 0.2) is 53.1 Å². The molecule has 0 spiro atoms. The van der Waals surface area contributed by atoms with Gasteiger partial charge in [0.25, 0.3) is 0 Å². The van der Waals surface area contributed by atoms with E-state index in [1.807, 2.05) is 32.0 Å². The van der Waals surface area contributed by atoms with E-state index in [-0.39, 0.29) is 30.6 Å². The standard InChI is InChI=1S/C22H22FN3O3/c1-14-4-3-5-15(2)22(14)26-20(28)13-24-19(27)10-11-21-25-12-18(29-21)16-6-8-17(23)9-7-16/h3-9,12H,10-11,13H2,1-2H3,(H,24,27)(H,26,28). The number of aryl methyl sites for hydroxylation is 3. The number of aromatic nitrogens is 1. The molecule has 0 saturated carbocycles. The van der Waals surface area contributed by atoms with Crippen molar-refractivity contribution in [2.75, 3.05) is 11.9 Å². The topological polar surface area (TPSA) is 84.2 Å². The molecule has 0 fully saturated rings. The van der Waals surface area contributed by atoms with Crippen molar-refractivity contribution in [3.63, 3.8) is 0 Å². The first-order valence-corrected chi connectivity index (χ1v) is 9.26. The Morgan fingerprint density at radius 2 is 1.72 bits per heavy atom. The molecule has 0 aliphatic heterocycles. The van der Waals surface area contributed by atoms with Gasteiger partial charge in [0.2, 0.25) is 11.8 Å². The van der Waals surface area contributed by atoms with E-state index in [2.05, 4.69) is 15.6 Å². The molecule has 150 valence electrons. The van der Waals surface area contributed by atoms with Crippen molar-refractivity contribution in [2.45, 2.75) is 26.7 Å². The highest BCUT2D eigenvalue weighted by Crippen LogP contribution is 2.21. The number of nitrogens with zero attached hydrogens (tertiary/aromatic N) is 1. The maximum atomic E-state index is 13.0. The molecule has 2 aromatic carbocycles. The molecular weight excluding hydrogens is 373 g/mol. The van der Waals surface area contributed by atoms with Crippen LogP contribution in [-0.4, -0.2) is 23.3 Å². The first kappa shape index (κ1) is 20.3. The zero-order valence-corrected chi connectivity index (χ0v) is 16.3. The SMILES string of the molecule is Cc1cccc(C)c1NC(=O)CNC(=O)CCc1ncc(-c2ccc(F)cc2)o1. The van der Waals surface area contributed by atoms with Crippen LogP contribution in [0.3, 0.4) is 0 Å². The summed E-state index contributed by atoms with van der Waals surface area (Å²) in [6.07, 6.45) is 1.98. The van der Waals surface area contributed by atoms with Crippen molar-refractivity contribution in [3.8, 4) is 11.3 Å². The molecule has 0 aliphatic carbocycles. The molecule has 7 heteroatoms. The van der Waals surface area contributed by atoms with E-state index in [1.54, 1.807) is 18.3 Å². The van der Waals surface area contributed by atoms with Crippen molar-refractivity contribution in [3.05, 3.63) is 71.5 Å². The lowest BCUT2D eigenvalue weighted by molar-refractivity contribution is -0.124. The molecule has 29 heavy (non-hydrogen) atoms. The van der Waals surface area contributed by atoms with Gasteiger partial charge in [-0.25, -0.2) is 9.37 Å². The number of nitrogens with one attached hydrogen (secondary N) is 2. The van der Waals surface area contributed by atoms with Crippen LogP contribution in [0.2, 0.25) is 0 Å². The average molecular weight is 395 g/mol. The smallest absolute Gasteiger partial charge is 0.243 e. The summed E-state index contributed by atoms with van der Waals surface area (Å²) in [5.74, 6) is 0.0216. The Kier molecular flexibility index (Phi) is 6.39. The minimum absolute atomic E-state index is 0.112. The van der Waals surface area contributed by atoms with Crippen LogP contribution in [0, 0.1) is 19.7 Å². The van der Waals surface area contributed by atoms with Crippen molar-refractivity contribution in [1.29, 1.82) is 0 Å². The van der Waals surface area contributed by atoms with Crippen LogP contribution in [0.5, 0.6) is 0 Å². The lowest BCUT2D eigenvalue weighted by Gasteiger charge is -2.11. The molecule has 0 aliphatic rings.